The quantitative estimate of drug-likeness (QED) is 0.0983. The minimum absolute atomic E-state index is 0.106. The highest BCUT2D eigenvalue weighted by atomic mass is 16.5. The summed E-state index contributed by atoms with van der Waals surface area (Å²) in [5.41, 5.74) is 3.24. The van der Waals surface area contributed by atoms with Crippen LogP contribution in [0.4, 0.5) is 11.4 Å². The summed E-state index contributed by atoms with van der Waals surface area (Å²) in [7, 11) is 0. The highest BCUT2D eigenvalue weighted by Gasteiger charge is 2.16. The van der Waals surface area contributed by atoms with Crippen molar-refractivity contribution in [1.82, 2.24) is 9.97 Å². The fourth-order valence-corrected chi connectivity index (χ4v) is 5.96. The van der Waals surface area contributed by atoms with E-state index < -0.39 is 11.9 Å². The zero-order chi connectivity index (χ0) is 33.0. The van der Waals surface area contributed by atoms with Gasteiger partial charge in [-0.3, -0.25) is 19.2 Å². The molecule has 1 aliphatic heterocycles. The molecule has 0 fully saturated rings. The van der Waals surface area contributed by atoms with Crippen LogP contribution in [0.25, 0.3) is 43.6 Å². The molecule has 10 nitrogen and oxygen atoms in total. The molecule has 240 valence electrons. The lowest BCUT2D eigenvalue weighted by Crippen LogP contribution is -2.14. The number of anilines is 2. The Morgan fingerprint density at radius 3 is 1.27 bits per heavy atom. The normalized spacial score (nSPS) is 15.7. The van der Waals surface area contributed by atoms with E-state index in [1.54, 1.807) is 36.4 Å². The number of benzene rings is 4. The van der Waals surface area contributed by atoms with Crippen LogP contribution in [0.15, 0.2) is 84.9 Å². The molecule has 2 aromatic heterocycles. The van der Waals surface area contributed by atoms with Crippen LogP contribution in [0, 0.1) is 0 Å². The molecule has 0 atom stereocenters. The topological polar surface area (TPSA) is 137 Å². The lowest BCUT2D eigenvalue weighted by Gasteiger charge is -2.12. The Morgan fingerprint density at radius 2 is 0.833 bits per heavy atom. The van der Waals surface area contributed by atoms with E-state index in [0.29, 0.717) is 70.6 Å². The second-order valence-electron chi connectivity index (χ2n) is 11.8. The monoisotopic (exact) mass is 640 g/mol. The van der Waals surface area contributed by atoms with Gasteiger partial charge in [-0.15, -0.1) is 0 Å². The summed E-state index contributed by atoms with van der Waals surface area (Å²) < 4.78 is 11.5. The lowest BCUT2D eigenvalue weighted by atomic mass is 10.1. The van der Waals surface area contributed by atoms with Crippen molar-refractivity contribution in [2.24, 2.45) is 0 Å². The molecule has 3 heterocycles. The summed E-state index contributed by atoms with van der Waals surface area (Å²) >= 11 is 0. The molecule has 1 aliphatic rings. The van der Waals surface area contributed by atoms with Crippen molar-refractivity contribution < 1.29 is 28.7 Å². The van der Waals surface area contributed by atoms with Gasteiger partial charge in [0.2, 0.25) is 11.8 Å². The third-order valence-corrected chi connectivity index (χ3v) is 8.33. The average Bonchev–Trinajstić information content (AvgIpc) is 3.07. The van der Waals surface area contributed by atoms with Gasteiger partial charge in [-0.25, -0.2) is 9.97 Å². The summed E-state index contributed by atoms with van der Waals surface area (Å²) in [6.45, 7) is 0. The SMILES string of the molecule is O=C1CCCCC(=O)Nc2cccc3cc4cccc(c4nc23)OC(=O)CCCCC(=O)Oc2cccc3cc4cccc(c4nc23)N1. The second kappa shape index (κ2) is 13.4. The standard InChI is InChI=1S/C38H32N4O6/c43-31-17-1-2-18-32(44)40-28-14-6-10-24-22-26-12-8-16-30(38(26)42-36(24)28)48-34(46)20-4-3-19-33(45)47-29-15-7-11-25-21-23-9-5-13-27(39-31)35(23)41-37(25)29/h5-16,21-22H,1-4,17-20H2,(H,39,43)(H,40,44). The number of carbonyl (C=O) groups excluding carboxylic acids is 4. The molecule has 48 heavy (non-hydrogen) atoms. The molecular formula is C38H32N4O6. The largest absolute Gasteiger partial charge is 0.424 e. The van der Waals surface area contributed by atoms with Crippen molar-refractivity contribution in [3.63, 3.8) is 0 Å². The average molecular weight is 641 g/mol. The van der Waals surface area contributed by atoms with E-state index in [2.05, 4.69) is 10.6 Å². The van der Waals surface area contributed by atoms with E-state index in [1.807, 2.05) is 48.5 Å². The number of nitrogens with zero attached hydrogens (tertiary/aromatic N) is 2. The van der Waals surface area contributed by atoms with Gasteiger partial charge in [0.05, 0.1) is 22.4 Å². The molecule has 4 bridgehead atoms. The first kappa shape index (κ1) is 30.7. The zero-order valence-corrected chi connectivity index (χ0v) is 26.1. The van der Waals surface area contributed by atoms with Crippen LogP contribution in [0.2, 0.25) is 0 Å². The number of esters is 2. The number of nitrogens with one attached hydrogen (secondary N) is 2. The van der Waals surface area contributed by atoms with E-state index in [0.717, 1.165) is 21.5 Å². The summed E-state index contributed by atoms with van der Waals surface area (Å²) in [5, 5.41) is 9.16. The molecule has 0 unspecified atom stereocenters. The Balaban J connectivity index is 1.17. The molecule has 2 N–H and O–H groups in total. The van der Waals surface area contributed by atoms with Crippen LogP contribution in [0.1, 0.15) is 51.4 Å². The Bertz CT molecular complexity index is 1940. The van der Waals surface area contributed by atoms with Gasteiger partial charge in [0.15, 0.2) is 11.5 Å². The van der Waals surface area contributed by atoms with Gasteiger partial charge >= 0.3 is 11.9 Å². The van der Waals surface area contributed by atoms with Crippen molar-refractivity contribution in [3.8, 4) is 11.5 Å². The minimum Gasteiger partial charge on any atom is -0.424 e. The van der Waals surface area contributed by atoms with Crippen LogP contribution in [-0.4, -0.2) is 33.7 Å². The summed E-state index contributed by atoms with van der Waals surface area (Å²) in [4.78, 5) is 61.2. The van der Waals surface area contributed by atoms with Gasteiger partial charge in [-0.1, -0.05) is 48.5 Å². The fraction of sp³-hybridized carbons (Fsp3) is 0.211. The third-order valence-electron chi connectivity index (χ3n) is 8.33. The highest BCUT2D eigenvalue weighted by molar-refractivity contribution is 6.06. The number of ether oxygens (including phenoxy) is 2. The number of pyridine rings is 2. The van der Waals surface area contributed by atoms with Crippen molar-refractivity contribution in [2.45, 2.75) is 51.4 Å². The van der Waals surface area contributed by atoms with Crippen molar-refractivity contribution in [2.75, 3.05) is 10.6 Å². The Morgan fingerprint density at radius 1 is 0.458 bits per heavy atom. The highest BCUT2D eigenvalue weighted by Crippen LogP contribution is 2.32. The summed E-state index contributed by atoms with van der Waals surface area (Å²) in [6, 6.07) is 25.7. The van der Waals surface area contributed by atoms with Crippen LogP contribution in [0.3, 0.4) is 0 Å². The van der Waals surface area contributed by atoms with E-state index in [1.165, 1.54) is 0 Å². The Labute approximate surface area is 275 Å². The van der Waals surface area contributed by atoms with E-state index >= 15 is 0 Å². The Kier molecular flexibility index (Phi) is 8.61. The van der Waals surface area contributed by atoms with Crippen LogP contribution in [-0.2, 0) is 19.2 Å². The van der Waals surface area contributed by atoms with E-state index in [-0.39, 0.29) is 37.5 Å². The molecule has 2 amide bonds. The maximum Gasteiger partial charge on any atom is 0.311 e. The first-order valence-electron chi connectivity index (χ1n) is 16.1. The van der Waals surface area contributed by atoms with Gasteiger partial charge in [0, 0.05) is 47.2 Å². The van der Waals surface area contributed by atoms with Gasteiger partial charge in [0.25, 0.3) is 0 Å². The van der Waals surface area contributed by atoms with E-state index in [4.69, 9.17) is 19.4 Å². The molecule has 0 aliphatic carbocycles. The predicted molar refractivity (Wildman–Crippen MR) is 184 cm³/mol. The fourth-order valence-electron chi connectivity index (χ4n) is 5.96. The first-order chi connectivity index (χ1) is 23.4. The van der Waals surface area contributed by atoms with Crippen molar-refractivity contribution >= 4 is 78.7 Å². The molecule has 0 spiro atoms. The van der Waals surface area contributed by atoms with Crippen LogP contribution >= 0.6 is 0 Å². The van der Waals surface area contributed by atoms with Gasteiger partial charge in [-0.05, 0) is 62.1 Å². The lowest BCUT2D eigenvalue weighted by molar-refractivity contribution is -0.136. The van der Waals surface area contributed by atoms with Crippen molar-refractivity contribution in [3.05, 3.63) is 84.9 Å². The number of hydrogen-bond acceptors (Lipinski definition) is 8. The van der Waals surface area contributed by atoms with Crippen molar-refractivity contribution in [1.29, 1.82) is 0 Å². The maximum absolute atomic E-state index is 13.0. The molecule has 7 rings (SSSR count). The number of amides is 2. The Hall–Kier alpha value is -5.90. The number of hydrogen-bond donors (Lipinski definition) is 2. The molecule has 6 aromatic rings. The van der Waals surface area contributed by atoms with E-state index in [9.17, 15) is 19.2 Å². The van der Waals surface area contributed by atoms with Gasteiger partial charge in [-0.2, -0.15) is 0 Å². The smallest absolute Gasteiger partial charge is 0.311 e. The summed E-state index contributed by atoms with van der Waals surface area (Å²) in [5.74, 6) is -0.611. The van der Waals surface area contributed by atoms with Gasteiger partial charge in [0.1, 0.15) is 11.0 Å². The van der Waals surface area contributed by atoms with Gasteiger partial charge < -0.3 is 20.1 Å². The number of aromatic nitrogens is 2. The number of para-hydroxylation sites is 4. The third kappa shape index (κ3) is 6.64. The number of carbonyl (C=O) groups is 4. The second-order valence-corrected chi connectivity index (χ2v) is 11.8. The molecule has 0 saturated heterocycles. The molecule has 0 radical (unpaired) electrons. The first-order valence-corrected chi connectivity index (χ1v) is 16.1. The van der Waals surface area contributed by atoms with Crippen LogP contribution in [0.5, 0.6) is 11.5 Å². The molecule has 4 aromatic carbocycles. The predicted octanol–water partition coefficient (Wildman–Crippen LogP) is 7.61. The zero-order valence-electron chi connectivity index (χ0n) is 26.1. The molecular weight excluding hydrogens is 608 g/mol. The molecule has 0 saturated carbocycles. The minimum atomic E-state index is -0.436. The number of rotatable bonds is 0. The molecule has 10 heteroatoms. The maximum atomic E-state index is 13.0. The summed E-state index contributed by atoms with van der Waals surface area (Å²) in [6.07, 6.45) is 2.53. The van der Waals surface area contributed by atoms with Crippen LogP contribution < -0.4 is 20.1 Å².